The lowest BCUT2D eigenvalue weighted by Gasteiger charge is -2.25. The molecule has 0 spiro atoms. The molecule has 3 rings (SSSR count). The van der Waals surface area contributed by atoms with Gasteiger partial charge in [-0.15, -0.1) is 0 Å². The quantitative estimate of drug-likeness (QED) is 0.597. The van der Waals surface area contributed by atoms with E-state index in [2.05, 4.69) is 68.6 Å². The van der Waals surface area contributed by atoms with Gasteiger partial charge in [-0.3, -0.25) is 0 Å². The highest BCUT2D eigenvalue weighted by molar-refractivity contribution is 5.83. The zero-order valence-corrected chi connectivity index (χ0v) is 16.4. The van der Waals surface area contributed by atoms with Crippen molar-refractivity contribution in [1.82, 2.24) is 5.32 Å². The minimum atomic E-state index is -0.0316. The molecule has 0 bridgehead atoms. The molecule has 1 N–H and O–H groups in total. The minimum Gasteiger partial charge on any atom is -0.491 e. The van der Waals surface area contributed by atoms with Crippen LogP contribution in [0.2, 0.25) is 0 Å². The van der Waals surface area contributed by atoms with E-state index in [0.717, 1.165) is 12.3 Å². The lowest BCUT2D eigenvalue weighted by Crippen LogP contribution is -2.43. The Morgan fingerprint density at radius 1 is 0.852 bits per heavy atom. The van der Waals surface area contributed by atoms with Crippen molar-refractivity contribution >= 4 is 10.8 Å². The molecule has 0 heterocycles. The second-order valence-electron chi connectivity index (χ2n) is 7.87. The third-order valence-corrected chi connectivity index (χ3v) is 4.35. The molecule has 0 radical (unpaired) electrons. The molecule has 0 aliphatic heterocycles. The van der Waals surface area contributed by atoms with Gasteiger partial charge < -0.3 is 14.8 Å². The first kappa shape index (κ1) is 19.4. The fraction of sp³-hybridized carbons (Fsp3) is 0.333. The van der Waals surface area contributed by atoms with Crippen LogP contribution in [0.1, 0.15) is 26.3 Å². The van der Waals surface area contributed by atoms with Crippen LogP contribution in [-0.2, 0) is 11.3 Å². The summed E-state index contributed by atoms with van der Waals surface area (Å²) in [6.07, 6.45) is -0.0316. The largest absolute Gasteiger partial charge is 0.491 e. The second kappa shape index (κ2) is 9.03. The van der Waals surface area contributed by atoms with Gasteiger partial charge in [0.25, 0.3) is 0 Å². The molecule has 1 unspecified atom stereocenters. The Bertz CT molecular complexity index is 840. The fourth-order valence-electron chi connectivity index (χ4n) is 2.82. The zero-order chi connectivity index (χ0) is 19.1. The maximum Gasteiger partial charge on any atom is 0.120 e. The molecular weight excluding hydrogens is 334 g/mol. The molecule has 3 heteroatoms. The van der Waals surface area contributed by atoms with Crippen LogP contribution in [0.25, 0.3) is 10.8 Å². The molecule has 3 nitrogen and oxygen atoms in total. The summed E-state index contributed by atoms with van der Waals surface area (Å²) in [7, 11) is 0. The van der Waals surface area contributed by atoms with Crippen LogP contribution in [0.3, 0.4) is 0 Å². The smallest absolute Gasteiger partial charge is 0.120 e. The highest BCUT2D eigenvalue weighted by Gasteiger charge is 2.16. The Kier molecular flexibility index (Phi) is 6.49. The van der Waals surface area contributed by atoms with Crippen LogP contribution in [0.15, 0.2) is 72.8 Å². The summed E-state index contributed by atoms with van der Waals surface area (Å²) in [6, 6.07) is 24.8. The molecule has 0 aromatic heterocycles. The van der Waals surface area contributed by atoms with Gasteiger partial charge in [-0.1, -0.05) is 60.7 Å². The summed E-state index contributed by atoms with van der Waals surface area (Å²) in [5.74, 6) is 0.873. The molecule has 3 aromatic rings. The summed E-state index contributed by atoms with van der Waals surface area (Å²) in [4.78, 5) is 0. The lowest BCUT2D eigenvalue weighted by molar-refractivity contribution is 0.00705. The van der Waals surface area contributed by atoms with Gasteiger partial charge >= 0.3 is 0 Å². The molecule has 0 fully saturated rings. The van der Waals surface area contributed by atoms with Gasteiger partial charge in [0.2, 0.25) is 0 Å². The Morgan fingerprint density at radius 3 is 2.30 bits per heavy atom. The maximum atomic E-state index is 6.15. The topological polar surface area (TPSA) is 30.5 Å². The van der Waals surface area contributed by atoms with Crippen molar-refractivity contribution in [2.45, 2.75) is 39.0 Å². The van der Waals surface area contributed by atoms with Gasteiger partial charge in [-0.05, 0) is 49.2 Å². The van der Waals surface area contributed by atoms with Crippen LogP contribution >= 0.6 is 0 Å². The summed E-state index contributed by atoms with van der Waals surface area (Å²) in [5.41, 5.74) is 1.21. The van der Waals surface area contributed by atoms with Gasteiger partial charge in [0, 0.05) is 12.1 Å². The van der Waals surface area contributed by atoms with Crippen LogP contribution in [0.4, 0.5) is 0 Å². The van der Waals surface area contributed by atoms with Gasteiger partial charge in [-0.25, -0.2) is 0 Å². The average Bonchev–Trinajstić information content (AvgIpc) is 2.67. The van der Waals surface area contributed by atoms with Crippen molar-refractivity contribution < 1.29 is 9.47 Å². The molecule has 27 heavy (non-hydrogen) atoms. The minimum absolute atomic E-state index is 0.0316. The fourth-order valence-corrected chi connectivity index (χ4v) is 2.82. The monoisotopic (exact) mass is 363 g/mol. The standard InChI is InChI=1S/C24H29NO2/c1-24(2,3)25-16-23(26-17-19-9-5-4-6-10-19)18-27-22-14-13-20-11-7-8-12-21(20)15-22/h4-15,23,25H,16-18H2,1-3H3. The van der Waals surface area contributed by atoms with E-state index >= 15 is 0 Å². The molecule has 0 aliphatic rings. The number of fused-ring (bicyclic) bond motifs is 1. The molecular formula is C24H29NO2. The summed E-state index contributed by atoms with van der Waals surface area (Å²) < 4.78 is 12.2. The summed E-state index contributed by atoms with van der Waals surface area (Å²) >= 11 is 0. The van der Waals surface area contributed by atoms with Crippen molar-refractivity contribution in [3.8, 4) is 5.75 Å². The zero-order valence-electron chi connectivity index (χ0n) is 16.4. The highest BCUT2D eigenvalue weighted by Crippen LogP contribution is 2.21. The van der Waals surface area contributed by atoms with Crippen LogP contribution in [0.5, 0.6) is 5.75 Å². The van der Waals surface area contributed by atoms with E-state index in [4.69, 9.17) is 9.47 Å². The summed E-state index contributed by atoms with van der Waals surface area (Å²) in [6.45, 7) is 8.30. The van der Waals surface area contributed by atoms with Crippen LogP contribution in [0, 0.1) is 0 Å². The predicted molar refractivity (Wildman–Crippen MR) is 112 cm³/mol. The first-order chi connectivity index (χ1) is 13.0. The number of benzene rings is 3. The molecule has 1 atom stereocenters. The van der Waals surface area contributed by atoms with E-state index in [-0.39, 0.29) is 11.6 Å². The summed E-state index contributed by atoms with van der Waals surface area (Å²) in [5, 5.41) is 5.92. The van der Waals surface area contributed by atoms with E-state index < -0.39 is 0 Å². The van der Waals surface area contributed by atoms with Crippen molar-refractivity contribution in [3.63, 3.8) is 0 Å². The van der Waals surface area contributed by atoms with E-state index in [9.17, 15) is 0 Å². The normalized spacial score (nSPS) is 12.9. The highest BCUT2D eigenvalue weighted by atomic mass is 16.5. The van der Waals surface area contributed by atoms with E-state index in [1.54, 1.807) is 0 Å². The van der Waals surface area contributed by atoms with Crippen molar-refractivity contribution in [1.29, 1.82) is 0 Å². The SMILES string of the molecule is CC(C)(C)NCC(COc1ccc2ccccc2c1)OCc1ccccc1. The molecule has 3 aromatic carbocycles. The molecule has 0 saturated heterocycles. The van der Waals surface area contributed by atoms with Gasteiger partial charge in [-0.2, -0.15) is 0 Å². The Hall–Kier alpha value is -2.36. The third-order valence-electron chi connectivity index (χ3n) is 4.35. The van der Waals surface area contributed by atoms with Crippen molar-refractivity contribution in [2.75, 3.05) is 13.2 Å². The second-order valence-corrected chi connectivity index (χ2v) is 7.87. The molecule has 0 amide bonds. The predicted octanol–water partition coefficient (Wildman–Crippen LogP) is 5.19. The molecule has 0 aliphatic carbocycles. The van der Waals surface area contributed by atoms with Gasteiger partial charge in [0.05, 0.1) is 6.61 Å². The number of nitrogens with one attached hydrogen (secondary N) is 1. The van der Waals surface area contributed by atoms with E-state index in [1.165, 1.54) is 16.3 Å². The number of ether oxygens (including phenoxy) is 2. The Labute approximate surface area is 162 Å². The van der Waals surface area contributed by atoms with Crippen molar-refractivity contribution in [3.05, 3.63) is 78.4 Å². The number of hydrogen-bond donors (Lipinski definition) is 1. The van der Waals surface area contributed by atoms with Gasteiger partial charge in [0.15, 0.2) is 0 Å². The molecule has 0 saturated carbocycles. The van der Waals surface area contributed by atoms with E-state index in [1.807, 2.05) is 30.3 Å². The first-order valence-electron chi connectivity index (χ1n) is 9.52. The van der Waals surface area contributed by atoms with Gasteiger partial charge in [0.1, 0.15) is 18.5 Å². The van der Waals surface area contributed by atoms with E-state index in [0.29, 0.717) is 13.2 Å². The molecule has 142 valence electrons. The van der Waals surface area contributed by atoms with Crippen molar-refractivity contribution in [2.24, 2.45) is 0 Å². The Balaban J connectivity index is 1.61. The average molecular weight is 364 g/mol. The van der Waals surface area contributed by atoms with Crippen LogP contribution in [-0.4, -0.2) is 24.8 Å². The Morgan fingerprint density at radius 2 is 1.56 bits per heavy atom. The third kappa shape index (κ3) is 6.38. The number of rotatable bonds is 8. The first-order valence-corrected chi connectivity index (χ1v) is 9.52. The number of hydrogen-bond acceptors (Lipinski definition) is 3. The van der Waals surface area contributed by atoms with Crippen LogP contribution < -0.4 is 10.1 Å². The maximum absolute atomic E-state index is 6.15. The lowest BCUT2D eigenvalue weighted by atomic mass is 10.1.